The number of phenols is 1. The van der Waals surface area contributed by atoms with Gasteiger partial charge in [-0.05, 0) is 23.3 Å². The topological polar surface area (TPSA) is 20.2 Å². The zero-order valence-corrected chi connectivity index (χ0v) is 9.01. The summed E-state index contributed by atoms with van der Waals surface area (Å²) in [6.45, 7) is 3.87. The Balaban J connectivity index is 2.37. The molecule has 0 radical (unpaired) electrons. The zero-order valence-electron chi connectivity index (χ0n) is 9.01. The van der Waals surface area contributed by atoms with Gasteiger partial charge in [0.15, 0.2) is 0 Å². The SMILES string of the molecule is C=CC(c1ccccc1)c1ccc(O)cc1. The van der Waals surface area contributed by atoms with Crippen molar-refractivity contribution in [3.63, 3.8) is 0 Å². The molecule has 0 bridgehead atoms. The Hall–Kier alpha value is -2.02. The van der Waals surface area contributed by atoms with Gasteiger partial charge in [-0.2, -0.15) is 0 Å². The van der Waals surface area contributed by atoms with Crippen LogP contribution in [0.4, 0.5) is 0 Å². The third-order valence-electron chi connectivity index (χ3n) is 2.65. The van der Waals surface area contributed by atoms with Crippen LogP contribution in [0.3, 0.4) is 0 Å². The van der Waals surface area contributed by atoms with Gasteiger partial charge in [0.2, 0.25) is 0 Å². The summed E-state index contributed by atoms with van der Waals surface area (Å²) in [6, 6.07) is 17.5. The van der Waals surface area contributed by atoms with Crippen molar-refractivity contribution >= 4 is 0 Å². The summed E-state index contributed by atoms with van der Waals surface area (Å²) in [7, 11) is 0. The van der Waals surface area contributed by atoms with E-state index in [-0.39, 0.29) is 5.92 Å². The van der Waals surface area contributed by atoms with E-state index in [4.69, 9.17) is 0 Å². The molecular weight excluding hydrogens is 196 g/mol. The molecular formula is C15H14O. The van der Waals surface area contributed by atoms with E-state index in [9.17, 15) is 5.11 Å². The maximum atomic E-state index is 9.26. The highest BCUT2D eigenvalue weighted by Gasteiger charge is 2.09. The molecule has 1 N–H and O–H groups in total. The molecule has 0 saturated heterocycles. The predicted molar refractivity (Wildman–Crippen MR) is 66.6 cm³/mol. The third kappa shape index (κ3) is 2.14. The molecule has 1 unspecified atom stereocenters. The number of phenolic OH excluding ortho intramolecular Hbond substituents is 1. The summed E-state index contributed by atoms with van der Waals surface area (Å²) in [5, 5.41) is 9.26. The fraction of sp³-hybridized carbons (Fsp3) is 0.0667. The number of hydrogen-bond donors (Lipinski definition) is 1. The van der Waals surface area contributed by atoms with Gasteiger partial charge in [-0.1, -0.05) is 48.5 Å². The number of allylic oxidation sites excluding steroid dienone is 1. The second-order valence-electron chi connectivity index (χ2n) is 3.72. The summed E-state index contributed by atoms with van der Waals surface area (Å²) in [4.78, 5) is 0. The molecule has 0 heterocycles. The Bertz CT molecular complexity index is 457. The molecule has 0 aliphatic heterocycles. The fourth-order valence-electron chi connectivity index (χ4n) is 1.81. The van der Waals surface area contributed by atoms with E-state index in [1.807, 2.05) is 36.4 Å². The summed E-state index contributed by atoms with van der Waals surface area (Å²) in [5.74, 6) is 0.474. The molecule has 2 aromatic rings. The molecule has 1 nitrogen and oxygen atoms in total. The highest BCUT2D eigenvalue weighted by Crippen LogP contribution is 2.26. The molecule has 16 heavy (non-hydrogen) atoms. The molecule has 0 fully saturated rings. The van der Waals surface area contributed by atoms with Crippen molar-refractivity contribution in [1.29, 1.82) is 0 Å². The standard InChI is InChI=1S/C15H14O/c1-2-15(12-6-4-3-5-7-12)13-8-10-14(16)11-9-13/h2-11,15-16H,1H2. The Labute approximate surface area is 95.7 Å². The van der Waals surface area contributed by atoms with Crippen LogP contribution in [-0.4, -0.2) is 5.11 Å². The van der Waals surface area contributed by atoms with Crippen molar-refractivity contribution in [2.75, 3.05) is 0 Å². The number of aromatic hydroxyl groups is 1. The van der Waals surface area contributed by atoms with Crippen LogP contribution in [0.15, 0.2) is 67.3 Å². The molecule has 0 saturated carbocycles. The van der Waals surface area contributed by atoms with Crippen molar-refractivity contribution in [3.8, 4) is 5.75 Å². The Kier molecular flexibility index (Phi) is 3.06. The second-order valence-corrected chi connectivity index (χ2v) is 3.72. The minimum atomic E-state index is 0.182. The quantitative estimate of drug-likeness (QED) is 0.766. The highest BCUT2D eigenvalue weighted by molar-refractivity contribution is 5.38. The van der Waals surface area contributed by atoms with E-state index in [1.165, 1.54) is 5.56 Å². The average molecular weight is 210 g/mol. The predicted octanol–water partition coefficient (Wildman–Crippen LogP) is 3.71. The molecule has 80 valence electrons. The van der Waals surface area contributed by atoms with Crippen LogP contribution >= 0.6 is 0 Å². The van der Waals surface area contributed by atoms with E-state index in [0.717, 1.165) is 5.56 Å². The van der Waals surface area contributed by atoms with Gasteiger partial charge in [-0.25, -0.2) is 0 Å². The summed E-state index contributed by atoms with van der Waals surface area (Å²) < 4.78 is 0. The van der Waals surface area contributed by atoms with Crippen molar-refractivity contribution in [2.45, 2.75) is 5.92 Å². The number of rotatable bonds is 3. The van der Waals surface area contributed by atoms with E-state index < -0.39 is 0 Å². The minimum absolute atomic E-state index is 0.182. The van der Waals surface area contributed by atoms with Gasteiger partial charge in [0, 0.05) is 5.92 Å². The minimum Gasteiger partial charge on any atom is -0.508 e. The fourth-order valence-corrected chi connectivity index (χ4v) is 1.81. The van der Waals surface area contributed by atoms with Crippen molar-refractivity contribution in [3.05, 3.63) is 78.4 Å². The van der Waals surface area contributed by atoms with Crippen LogP contribution < -0.4 is 0 Å². The van der Waals surface area contributed by atoms with Crippen molar-refractivity contribution in [1.82, 2.24) is 0 Å². The molecule has 0 amide bonds. The highest BCUT2D eigenvalue weighted by atomic mass is 16.3. The van der Waals surface area contributed by atoms with Gasteiger partial charge in [0.1, 0.15) is 5.75 Å². The van der Waals surface area contributed by atoms with E-state index >= 15 is 0 Å². The average Bonchev–Trinajstić information content (AvgIpc) is 2.34. The number of benzene rings is 2. The molecule has 1 atom stereocenters. The van der Waals surface area contributed by atoms with Gasteiger partial charge < -0.3 is 5.11 Å². The molecule has 0 spiro atoms. The lowest BCUT2D eigenvalue weighted by molar-refractivity contribution is 0.475. The Morgan fingerprint density at radius 2 is 1.44 bits per heavy atom. The van der Waals surface area contributed by atoms with Crippen LogP contribution in [0.1, 0.15) is 17.0 Å². The molecule has 0 aliphatic rings. The van der Waals surface area contributed by atoms with Gasteiger partial charge in [0.05, 0.1) is 0 Å². The number of hydrogen-bond acceptors (Lipinski definition) is 1. The van der Waals surface area contributed by atoms with Crippen LogP contribution in [0.2, 0.25) is 0 Å². The largest absolute Gasteiger partial charge is 0.508 e. The Morgan fingerprint density at radius 3 is 2.00 bits per heavy atom. The lowest BCUT2D eigenvalue weighted by Gasteiger charge is -2.13. The first kappa shape index (κ1) is 10.5. The van der Waals surface area contributed by atoms with E-state index in [0.29, 0.717) is 5.75 Å². The van der Waals surface area contributed by atoms with Crippen molar-refractivity contribution < 1.29 is 5.11 Å². The normalized spacial score (nSPS) is 12.0. The molecule has 2 aromatic carbocycles. The monoisotopic (exact) mass is 210 g/mol. The first-order valence-electron chi connectivity index (χ1n) is 5.27. The lowest BCUT2D eigenvalue weighted by atomic mass is 9.91. The van der Waals surface area contributed by atoms with Gasteiger partial charge in [-0.3, -0.25) is 0 Å². The first-order valence-corrected chi connectivity index (χ1v) is 5.27. The first-order chi connectivity index (χ1) is 7.81. The van der Waals surface area contributed by atoms with Gasteiger partial charge in [0.25, 0.3) is 0 Å². The summed E-state index contributed by atoms with van der Waals surface area (Å²) in [5.41, 5.74) is 2.35. The van der Waals surface area contributed by atoms with Crippen LogP contribution in [0.5, 0.6) is 5.75 Å². The third-order valence-corrected chi connectivity index (χ3v) is 2.65. The summed E-state index contributed by atoms with van der Waals surface area (Å²) >= 11 is 0. The van der Waals surface area contributed by atoms with E-state index in [2.05, 4.69) is 18.7 Å². The van der Waals surface area contributed by atoms with Crippen LogP contribution in [0.25, 0.3) is 0 Å². The molecule has 0 aromatic heterocycles. The van der Waals surface area contributed by atoms with Gasteiger partial charge >= 0.3 is 0 Å². The van der Waals surface area contributed by atoms with Crippen LogP contribution in [-0.2, 0) is 0 Å². The molecule has 0 aliphatic carbocycles. The Morgan fingerprint density at radius 1 is 0.875 bits per heavy atom. The second kappa shape index (κ2) is 4.67. The maximum Gasteiger partial charge on any atom is 0.115 e. The lowest BCUT2D eigenvalue weighted by Crippen LogP contribution is -1.96. The van der Waals surface area contributed by atoms with Crippen LogP contribution in [0, 0.1) is 0 Å². The maximum absolute atomic E-state index is 9.26. The zero-order chi connectivity index (χ0) is 11.4. The molecule has 2 rings (SSSR count). The van der Waals surface area contributed by atoms with Gasteiger partial charge in [-0.15, -0.1) is 6.58 Å². The van der Waals surface area contributed by atoms with E-state index in [1.54, 1.807) is 12.1 Å². The van der Waals surface area contributed by atoms with Crippen molar-refractivity contribution in [2.24, 2.45) is 0 Å². The summed E-state index contributed by atoms with van der Waals surface area (Å²) in [6.07, 6.45) is 1.92. The molecule has 1 heteroatoms. The smallest absolute Gasteiger partial charge is 0.115 e.